The van der Waals surface area contributed by atoms with Crippen LogP contribution in [0.15, 0.2) is 53.1 Å². The van der Waals surface area contributed by atoms with Gasteiger partial charge in [-0.2, -0.15) is 0 Å². The molecule has 3 rings (SSSR count). The third kappa shape index (κ3) is 5.79. The lowest BCUT2D eigenvalue weighted by atomic mass is 10.0. The van der Waals surface area contributed by atoms with Gasteiger partial charge in [0, 0.05) is 13.0 Å². The minimum absolute atomic E-state index is 0.0330. The molecule has 2 amide bonds. The van der Waals surface area contributed by atoms with Crippen molar-refractivity contribution in [3.8, 4) is 0 Å². The molecule has 1 aliphatic rings. The van der Waals surface area contributed by atoms with Gasteiger partial charge in [0.1, 0.15) is 5.76 Å². The van der Waals surface area contributed by atoms with Crippen LogP contribution in [0.1, 0.15) is 24.7 Å². The molecule has 0 bridgehead atoms. The van der Waals surface area contributed by atoms with Gasteiger partial charge < -0.3 is 19.4 Å². The van der Waals surface area contributed by atoms with E-state index >= 15 is 0 Å². The highest BCUT2D eigenvalue weighted by atomic mass is 16.5. The summed E-state index contributed by atoms with van der Waals surface area (Å²) in [7, 11) is 0. The molecule has 1 aromatic heterocycles. The average Bonchev–Trinajstić information content (AvgIpc) is 3.37. The van der Waals surface area contributed by atoms with E-state index in [2.05, 4.69) is 5.32 Å². The fourth-order valence-electron chi connectivity index (χ4n) is 3.31. The number of carbonyl (C=O) groups excluding carboxylic acids is 4. The monoisotopic (exact) mass is 412 g/mol. The van der Waals surface area contributed by atoms with Crippen LogP contribution in [0.25, 0.3) is 0 Å². The summed E-state index contributed by atoms with van der Waals surface area (Å²) in [6.07, 6.45) is 1.91. The zero-order valence-electron chi connectivity index (χ0n) is 16.7. The summed E-state index contributed by atoms with van der Waals surface area (Å²) in [5.41, 5.74) is 0.913. The molecule has 8 nitrogen and oxygen atoms in total. The van der Waals surface area contributed by atoms with Gasteiger partial charge in [-0.1, -0.05) is 30.3 Å². The first-order valence-electron chi connectivity index (χ1n) is 9.73. The molecule has 1 saturated heterocycles. The average molecular weight is 412 g/mol. The van der Waals surface area contributed by atoms with Gasteiger partial charge in [-0.05, 0) is 31.0 Å². The molecule has 2 heterocycles. The lowest BCUT2D eigenvalue weighted by Gasteiger charge is -2.17. The van der Waals surface area contributed by atoms with Crippen molar-refractivity contribution >= 4 is 23.6 Å². The van der Waals surface area contributed by atoms with Crippen molar-refractivity contribution in [3.05, 3.63) is 60.1 Å². The van der Waals surface area contributed by atoms with E-state index in [0.717, 1.165) is 5.56 Å². The summed E-state index contributed by atoms with van der Waals surface area (Å²) in [5.74, 6) is -1.52. The summed E-state index contributed by atoms with van der Waals surface area (Å²) >= 11 is 0. The molecule has 2 aromatic rings. The second-order valence-electron chi connectivity index (χ2n) is 7.28. The predicted octanol–water partition coefficient (Wildman–Crippen LogP) is 1.49. The molecule has 0 spiro atoms. The molecule has 0 radical (unpaired) electrons. The molecule has 1 fully saturated rings. The maximum atomic E-state index is 12.3. The number of nitrogens with zero attached hydrogens (tertiary/aromatic N) is 1. The highest BCUT2D eigenvalue weighted by Gasteiger charge is 2.36. The Labute approximate surface area is 174 Å². The standard InChI is InChI=1S/C22H24N2O6/c1-15(25)19(10-16-6-3-2-4-7-16)23-20(26)14-30-22(28)17-11-21(27)24(12-17)13-18-8-5-9-29-18/h2-9,17,19H,10-14H2,1H3,(H,23,26)/t17-,19-/m1/s1. The van der Waals surface area contributed by atoms with Gasteiger partial charge in [-0.25, -0.2) is 0 Å². The van der Waals surface area contributed by atoms with E-state index in [9.17, 15) is 19.2 Å². The van der Waals surface area contributed by atoms with Crippen LogP contribution in [-0.2, 0) is 36.9 Å². The minimum atomic E-state index is -0.699. The molecule has 158 valence electrons. The summed E-state index contributed by atoms with van der Waals surface area (Å²) < 4.78 is 10.3. The first kappa shape index (κ1) is 21.3. The second-order valence-corrected chi connectivity index (χ2v) is 7.28. The molecule has 1 aromatic carbocycles. The third-order valence-corrected chi connectivity index (χ3v) is 4.93. The van der Waals surface area contributed by atoms with Gasteiger partial charge in [-0.3, -0.25) is 19.2 Å². The number of likely N-dealkylation sites (tertiary alicyclic amines) is 1. The van der Waals surface area contributed by atoms with E-state index in [0.29, 0.717) is 12.2 Å². The zero-order valence-corrected chi connectivity index (χ0v) is 16.7. The van der Waals surface area contributed by atoms with Crippen molar-refractivity contribution in [1.29, 1.82) is 0 Å². The number of ether oxygens (including phenoxy) is 1. The van der Waals surface area contributed by atoms with Crippen LogP contribution >= 0.6 is 0 Å². The van der Waals surface area contributed by atoms with Crippen LogP contribution in [0.4, 0.5) is 0 Å². The Kier molecular flexibility index (Phi) is 7.00. The first-order chi connectivity index (χ1) is 14.4. The fraction of sp³-hybridized carbons (Fsp3) is 0.364. The molecule has 2 atom stereocenters. The number of Topliss-reactive ketones (excluding diaryl/α,β-unsaturated/α-hetero) is 1. The van der Waals surface area contributed by atoms with Crippen molar-refractivity contribution in [1.82, 2.24) is 10.2 Å². The Morgan fingerprint density at radius 3 is 2.63 bits per heavy atom. The SMILES string of the molecule is CC(=O)[C@@H](Cc1ccccc1)NC(=O)COC(=O)[C@@H]1CC(=O)N(Cc2ccco2)C1. The van der Waals surface area contributed by atoms with Crippen LogP contribution < -0.4 is 5.32 Å². The maximum absolute atomic E-state index is 12.3. The molecule has 0 unspecified atom stereocenters. The van der Waals surface area contributed by atoms with Gasteiger partial charge >= 0.3 is 5.97 Å². The van der Waals surface area contributed by atoms with E-state index in [1.807, 2.05) is 30.3 Å². The van der Waals surface area contributed by atoms with Gasteiger partial charge in [-0.15, -0.1) is 0 Å². The molecule has 0 aliphatic carbocycles. The van der Waals surface area contributed by atoms with Crippen molar-refractivity contribution in [2.75, 3.05) is 13.2 Å². The normalized spacial score (nSPS) is 16.9. The quantitative estimate of drug-likeness (QED) is 0.626. The molecule has 1 N–H and O–H groups in total. The Morgan fingerprint density at radius 1 is 1.20 bits per heavy atom. The van der Waals surface area contributed by atoms with E-state index in [-0.39, 0.29) is 31.2 Å². The van der Waals surface area contributed by atoms with Crippen molar-refractivity contribution in [2.45, 2.75) is 32.4 Å². The van der Waals surface area contributed by atoms with Gasteiger partial charge in [0.15, 0.2) is 12.4 Å². The van der Waals surface area contributed by atoms with Crippen molar-refractivity contribution in [3.63, 3.8) is 0 Å². The number of nitrogens with one attached hydrogen (secondary N) is 1. The Hall–Kier alpha value is -3.42. The first-order valence-corrected chi connectivity index (χ1v) is 9.73. The highest BCUT2D eigenvalue weighted by molar-refractivity contribution is 5.90. The third-order valence-electron chi connectivity index (χ3n) is 4.93. The highest BCUT2D eigenvalue weighted by Crippen LogP contribution is 2.21. The van der Waals surface area contributed by atoms with E-state index in [1.54, 1.807) is 12.1 Å². The van der Waals surface area contributed by atoms with E-state index in [4.69, 9.17) is 9.15 Å². The van der Waals surface area contributed by atoms with Crippen LogP contribution in [0.3, 0.4) is 0 Å². The number of hydrogen-bond donors (Lipinski definition) is 1. The maximum Gasteiger partial charge on any atom is 0.311 e. The predicted molar refractivity (Wildman–Crippen MR) is 106 cm³/mol. The number of hydrogen-bond acceptors (Lipinski definition) is 6. The number of benzene rings is 1. The molecule has 0 saturated carbocycles. The molecular formula is C22H24N2O6. The molecular weight excluding hydrogens is 388 g/mol. The lowest BCUT2D eigenvalue weighted by Crippen LogP contribution is -2.43. The minimum Gasteiger partial charge on any atom is -0.467 e. The number of rotatable bonds is 9. The van der Waals surface area contributed by atoms with Crippen molar-refractivity contribution < 1.29 is 28.3 Å². The molecule has 1 aliphatic heterocycles. The van der Waals surface area contributed by atoms with Crippen LogP contribution in [0.2, 0.25) is 0 Å². The lowest BCUT2D eigenvalue weighted by molar-refractivity contribution is -0.152. The molecule has 30 heavy (non-hydrogen) atoms. The number of esters is 1. The Morgan fingerprint density at radius 2 is 1.97 bits per heavy atom. The number of furan rings is 1. The second kappa shape index (κ2) is 9.87. The number of carbonyl (C=O) groups is 4. The number of amides is 2. The van der Waals surface area contributed by atoms with Crippen LogP contribution in [0, 0.1) is 5.92 Å². The largest absolute Gasteiger partial charge is 0.467 e. The Balaban J connectivity index is 1.46. The summed E-state index contributed by atoms with van der Waals surface area (Å²) in [6.45, 7) is 1.40. The topological polar surface area (TPSA) is 106 Å². The van der Waals surface area contributed by atoms with Crippen LogP contribution in [0.5, 0.6) is 0 Å². The van der Waals surface area contributed by atoms with Gasteiger partial charge in [0.05, 0.1) is 24.8 Å². The van der Waals surface area contributed by atoms with Gasteiger partial charge in [0.25, 0.3) is 5.91 Å². The zero-order chi connectivity index (χ0) is 21.5. The Bertz CT molecular complexity index is 894. The van der Waals surface area contributed by atoms with Crippen molar-refractivity contribution in [2.24, 2.45) is 5.92 Å². The molecule has 8 heteroatoms. The summed E-state index contributed by atoms with van der Waals surface area (Å²) in [6, 6.07) is 12.1. The van der Waals surface area contributed by atoms with Crippen LogP contribution in [-0.4, -0.2) is 47.7 Å². The van der Waals surface area contributed by atoms with E-state index in [1.165, 1.54) is 18.1 Å². The number of ketones is 1. The summed E-state index contributed by atoms with van der Waals surface area (Å²) in [5, 5.41) is 2.60. The smallest absolute Gasteiger partial charge is 0.311 e. The summed E-state index contributed by atoms with van der Waals surface area (Å²) in [4.78, 5) is 50.0. The van der Waals surface area contributed by atoms with Gasteiger partial charge in [0.2, 0.25) is 5.91 Å². The van der Waals surface area contributed by atoms with E-state index < -0.39 is 30.4 Å². The fourth-order valence-corrected chi connectivity index (χ4v) is 3.31.